The Morgan fingerprint density at radius 2 is 2.07 bits per heavy atom. The van der Waals surface area contributed by atoms with Crippen molar-refractivity contribution in [2.24, 2.45) is 0 Å². The van der Waals surface area contributed by atoms with Gasteiger partial charge in [-0.3, -0.25) is 0 Å². The zero-order chi connectivity index (χ0) is 20.8. The van der Waals surface area contributed by atoms with Gasteiger partial charge in [0.15, 0.2) is 5.38 Å². The highest BCUT2D eigenvalue weighted by molar-refractivity contribution is 7.54. The highest BCUT2D eigenvalue weighted by atomic mass is 32.2. The lowest BCUT2D eigenvalue weighted by Crippen LogP contribution is -2.34. The minimum Gasteiger partial charge on any atom is -0.500 e. The van der Waals surface area contributed by atoms with E-state index in [9.17, 15) is 14.7 Å². The molecule has 0 fully saturated rings. The number of thiophene rings is 1. The van der Waals surface area contributed by atoms with Crippen LogP contribution < -0.4 is 20.1 Å². The summed E-state index contributed by atoms with van der Waals surface area (Å²) in [5.41, 5.74) is 1.76. The van der Waals surface area contributed by atoms with E-state index in [4.69, 9.17) is 4.74 Å². The lowest BCUT2D eigenvalue weighted by atomic mass is 10.2. The van der Waals surface area contributed by atoms with Crippen LogP contribution in [-0.4, -0.2) is 26.3 Å². The van der Waals surface area contributed by atoms with Crippen LogP contribution in [-0.2, 0) is 0 Å². The van der Waals surface area contributed by atoms with Gasteiger partial charge in [-0.25, -0.2) is 24.6 Å². The molecule has 5 heterocycles. The Morgan fingerprint density at radius 3 is 2.80 bits per heavy atom. The van der Waals surface area contributed by atoms with Crippen LogP contribution in [0.5, 0.6) is 11.6 Å². The molecule has 1 unspecified atom stereocenters. The number of anilines is 3. The number of urea groups is 1. The van der Waals surface area contributed by atoms with Gasteiger partial charge < -0.3 is 20.0 Å². The van der Waals surface area contributed by atoms with E-state index in [0.717, 1.165) is 5.69 Å². The van der Waals surface area contributed by atoms with Gasteiger partial charge in [0.05, 0.1) is 22.4 Å². The van der Waals surface area contributed by atoms with E-state index < -0.39 is 21.8 Å². The zero-order valence-electron chi connectivity index (χ0n) is 15.5. The second-order valence-corrected chi connectivity index (χ2v) is 8.10. The molecular formula is C20H13N5O4S. The molecule has 0 spiro atoms. The first-order valence-corrected chi connectivity index (χ1v) is 10.1. The Kier molecular flexibility index (Phi) is 4.07. The van der Waals surface area contributed by atoms with Crippen molar-refractivity contribution in [1.82, 2.24) is 15.0 Å². The third kappa shape index (κ3) is 2.90. The van der Waals surface area contributed by atoms with E-state index in [1.807, 2.05) is 19.1 Å². The summed E-state index contributed by atoms with van der Waals surface area (Å²) in [7, 11) is -1.33. The average molecular weight is 419 g/mol. The van der Waals surface area contributed by atoms with Crippen LogP contribution in [0, 0.1) is 6.92 Å². The predicted molar refractivity (Wildman–Crippen MR) is 109 cm³/mol. The van der Waals surface area contributed by atoms with Crippen molar-refractivity contribution >= 4 is 49.2 Å². The first-order chi connectivity index (χ1) is 14.5. The number of carbonyl (C=O) groups excluding carboxylic acids is 2. The standard InChI is InChI=1S/C20H13N5O4S/c1-11-3-2-4-16(23-11)29-12-5-6-15(22-9-12)25-14-7-8-21-18-17(14)13(24-19(25)26)10-30(18)20(27)28/h2-10H,1H3,(H-,24,26,27,28). The fraction of sp³-hybridized carbons (Fsp3) is 0.0500. The molecule has 0 saturated carbocycles. The topological polar surface area (TPSA) is 120 Å². The molecule has 1 N–H and O–H groups in total. The quantitative estimate of drug-likeness (QED) is 0.500. The summed E-state index contributed by atoms with van der Waals surface area (Å²) < 4.78 is 5.70. The molecule has 10 heteroatoms. The highest BCUT2D eigenvalue weighted by Crippen LogP contribution is 2.46. The molecule has 4 aromatic heterocycles. The zero-order valence-corrected chi connectivity index (χ0v) is 16.3. The largest absolute Gasteiger partial charge is 0.500 e. The minimum atomic E-state index is -1.33. The normalized spacial score (nSPS) is 13.3. The van der Waals surface area contributed by atoms with Crippen molar-refractivity contribution in [1.29, 1.82) is 0 Å². The Bertz CT molecular complexity index is 1320. The van der Waals surface area contributed by atoms with Crippen LogP contribution in [0.1, 0.15) is 5.69 Å². The second-order valence-electron chi connectivity index (χ2n) is 6.47. The molecule has 1 aliphatic heterocycles. The molecule has 4 aromatic rings. The second kappa shape index (κ2) is 6.78. The smallest absolute Gasteiger partial charge is 0.332 e. The van der Waals surface area contributed by atoms with Crippen LogP contribution in [0.15, 0.2) is 54.2 Å². The highest BCUT2D eigenvalue weighted by Gasteiger charge is 2.34. The summed E-state index contributed by atoms with van der Waals surface area (Å²) in [5.74, 6) is 1.26. The fourth-order valence-electron chi connectivity index (χ4n) is 3.26. The SMILES string of the molecule is Cc1cccc(Oc2ccc(N3C(=O)Nc4c[s+](C(=O)[O-])c5nccc3c45)nc2)n1. The fourth-order valence-corrected chi connectivity index (χ4v) is 4.65. The van der Waals surface area contributed by atoms with Crippen molar-refractivity contribution in [2.45, 2.75) is 6.92 Å². The molecule has 148 valence electrons. The Balaban J connectivity index is 1.52. The Labute approximate surface area is 172 Å². The van der Waals surface area contributed by atoms with Gasteiger partial charge >= 0.3 is 11.3 Å². The molecule has 0 radical (unpaired) electrons. The lowest BCUT2D eigenvalue weighted by Gasteiger charge is -2.25. The monoisotopic (exact) mass is 419 g/mol. The summed E-state index contributed by atoms with van der Waals surface area (Å²) in [6, 6.07) is 9.96. The Morgan fingerprint density at radius 1 is 1.20 bits per heavy atom. The van der Waals surface area contributed by atoms with Gasteiger partial charge in [0.1, 0.15) is 22.6 Å². The summed E-state index contributed by atoms with van der Waals surface area (Å²) in [5, 5.41) is 15.0. The number of ether oxygens (including phenoxy) is 1. The number of amides is 2. The summed E-state index contributed by atoms with van der Waals surface area (Å²) in [6.07, 6.45) is 2.96. The predicted octanol–water partition coefficient (Wildman–Crippen LogP) is 3.75. The molecule has 0 aromatic carbocycles. The van der Waals surface area contributed by atoms with Crippen molar-refractivity contribution in [3.8, 4) is 11.6 Å². The molecule has 0 aliphatic carbocycles. The lowest BCUT2D eigenvalue weighted by molar-refractivity contribution is -0.233. The number of aryl methyl sites for hydroxylation is 1. The number of carbonyl (C=O) groups is 2. The number of aromatic nitrogens is 3. The third-order valence-electron chi connectivity index (χ3n) is 4.51. The van der Waals surface area contributed by atoms with Crippen LogP contribution >= 0.6 is 10.5 Å². The molecule has 1 aliphatic rings. The van der Waals surface area contributed by atoms with Gasteiger partial charge in [0.25, 0.3) is 4.83 Å². The maximum Gasteiger partial charge on any atom is 0.332 e. The number of pyridine rings is 3. The molecule has 0 bridgehead atoms. The van der Waals surface area contributed by atoms with Gasteiger partial charge in [-0.05, 0) is 31.2 Å². The van der Waals surface area contributed by atoms with Gasteiger partial charge in [0.2, 0.25) is 5.88 Å². The first-order valence-electron chi connectivity index (χ1n) is 8.85. The Hall–Kier alpha value is -4.05. The molecule has 9 nitrogen and oxygen atoms in total. The van der Waals surface area contributed by atoms with Gasteiger partial charge in [0, 0.05) is 18.0 Å². The van der Waals surface area contributed by atoms with Crippen LogP contribution in [0.3, 0.4) is 0 Å². The number of hydrogen-bond donors (Lipinski definition) is 1. The molecule has 2 amide bonds. The molecular weight excluding hydrogens is 406 g/mol. The molecule has 30 heavy (non-hydrogen) atoms. The minimum absolute atomic E-state index is 0.352. The molecule has 0 saturated heterocycles. The van der Waals surface area contributed by atoms with Crippen molar-refractivity contribution < 1.29 is 19.4 Å². The van der Waals surface area contributed by atoms with Crippen LogP contribution in [0.4, 0.5) is 26.8 Å². The van der Waals surface area contributed by atoms with E-state index in [2.05, 4.69) is 20.3 Å². The van der Waals surface area contributed by atoms with E-state index >= 15 is 0 Å². The van der Waals surface area contributed by atoms with Crippen LogP contribution in [0.2, 0.25) is 0 Å². The average Bonchev–Trinajstić information content (AvgIpc) is 3.09. The maximum absolute atomic E-state index is 12.8. The van der Waals surface area contributed by atoms with Crippen molar-refractivity contribution in [2.75, 3.05) is 10.2 Å². The van der Waals surface area contributed by atoms with E-state index in [-0.39, 0.29) is 0 Å². The number of hydrogen-bond acceptors (Lipinski definition) is 7. The molecule has 1 atom stereocenters. The number of carboxylic acid groups (broad SMARTS) is 1. The number of nitrogens with zero attached hydrogens (tertiary/aromatic N) is 4. The summed E-state index contributed by atoms with van der Waals surface area (Å²) in [4.78, 5) is 38.8. The van der Waals surface area contributed by atoms with Gasteiger partial charge in [-0.2, -0.15) is 0 Å². The third-order valence-corrected chi connectivity index (χ3v) is 6.06. The maximum atomic E-state index is 12.8. The summed E-state index contributed by atoms with van der Waals surface area (Å²) in [6.45, 7) is 1.87. The van der Waals surface area contributed by atoms with Crippen molar-refractivity contribution in [3.05, 3.63) is 59.9 Å². The summed E-state index contributed by atoms with van der Waals surface area (Å²) >= 11 is 0. The van der Waals surface area contributed by atoms with Crippen molar-refractivity contribution in [3.63, 3.8) is 0 Å². The molecule has 5 rings (SSSR count). The first kappa shape index (κ1) is 18.0. The number of rotatable bonds is 4. The van der Waals surface area contributed by atoms with Crippen LogP contribution in [0.25, 0.3) is 10.2 Å². The van der Waals surface area contributed by atoms with E-state index in [0.29, 0.717) is 39.0 Å². The number of nitrogens with one attached hydrogen (secondary N) is 1. The van der Waals surface area contributed by atoms with Gasteiger partial charge in [-0.1, -0.05) is 6.07 Å². The van der Waals surface area contributed by atoms with Gasteiger partial charge in [-0.15, -0.1) is 0 Å². The van der Waals surface area contributed by atoms with E-state index in [1.165, 1.54) is 22.7 Å². The van der Waals surface area contributed by atoms with E-state index in [1.54, 1.807) is 24.3 Å².